The van der Waals surface area contributed by atoms with Crippen LogP contribution in [0, 0.1) is 29.1 Å². The molecule has 0 saturated heterocycles. The Hall–Kier alpha value is -2.66. The molecule has 2 unspecified atom stereocenters. The van der Waals surface area contributed by atoms with Crippen LogP contribution >= 0.6 is 0 Å². The quantitative estimate of drug-likeness (QED) is 0.0887. The van der Waals surface area contributed by atoms with Crippen molar-refractivity contribution in [3.05, 3.63) is 12.2 Å². The summed E-state index contributed by atoms with van der Waals surface area (Å²) in [6, 6.07) is 0. The number of aliphatic hydroxyl groups is 1. The van der Waals surface area contributed by atoms with E-state index in [1.54, 1.807) is 32.9 Å². The molecule has 1 saturated carbocycles. The molecule has 0 bridgehead atoms. The maximum Gasteiger partial charge on any atom is 0.321 e. The standard InChI is InChI=1S/C28H42O8/c1-5-9-12-15-22(29)18-17-21-20-23(26(32)35-7-3)25(31)28(21,27(33)36-8-4)19-14-11-10-13-16-24(30)34-6-2/h17-18,21-23,29H,5-10,12-13,15-16,19-20H2,1-4H3/t21?,22?,23-,28-/m1/s1. The maximum atomic E-state index is 13.6. The van der Waals surface area contributed by atoms with Gasteiger partial charge in [0.1, 0.15) is 11.3 Å². The van der Waals surface area contributed by atoms with E-state index in [9.17, 15) is 24.3 Å². The Labute approximate surface area is 215 Å². The molecule has 0 spiro atoms. The number of rotatable bonds is 15. The van der Waals surface area contributed by atoms with E-state index in [2.05, 4.69) is 18.8 Å². The fraction of sp³-hybridized carbons (Fsp3) is 0.714. The minimum absolute atomic E-state index is 0.0704. The fourth-order valence-corrected chi connectivity index (χ4v) is 4.35. The summed E-state index contributed by atoms with van der Waals surface area (Å²) in [5.41, 5.74) is -1.67. The number of carbonyl (C=O) groups is 4. The smallest absolute Gasteiger partial charge is 0.321 e. The van der Waals surface area contributed by atoms with Gasteiger partial charge in [0.25, 0.3) is 0 Å². The first-order valence-electron chi connectivity index (χ1n) is 13.1. The van der Waals surface area contributed by atoms with Crippen LogP contribution in [-0.4, -0.2) is 54.7 Å². The van der Waals surface area contributed by atoms with Crippen LogP contribution in [0.2, 0.25) is 0 Å². The molecule has 1 aliphatic rings. The molecule has 0 aromatic carbocycles. The lowest BCUT2D eigenvalue weighted by molar-refractivity contribution is -0.162. The highest BCUT2D eigenvalue weighted by atomic mass is 16.5. The Balaban J connectivity index is 3.19. The van der Waals surface area contributed by atoms with E-state index in [4.69, 9.17) is 14.2 Å². The second-order valence-corrected chi connectivity index (χ2v) is 8.84. The number of hydrogen-bond donors (Lipinski definition) is 1. The molecule has 202 valence electrons. The molecule has 0 aliphatic heterocycles. The van der Waals surface area contributed by atoms with E-state index in [0.717, 1.165) is 19.3 Å². The van der Waals surface area contributed by atoms with Crippen LogP contribution in [0.3, 0.4) is 0 Å². The van der Waals surface area contributed by atoms with Crippen molar-refractivity contribution in [3.8, 4) is 11.8 Å². The summed E-state index contributed by atoms with van der Waals surface area (Å²) in [7, 11) is 0. The first-order valence-corrected chi connectivity index (χ1v) is 13.1. The first-order chi connectivity index (χ1) is 17.3. The van der Waals surface area contributed by atoms with Crippen LogP contribution in [-0.2, 0) is 33.4 Å². The third-order valence-electron chi connectivity index (χ3n) is 6.24. The van der Waals surface area contributed by atoms with E-state index in [-0.39, 0.29) is 38.4 Å². The number of allylic oxidation sites excluding steroid dienone is 1. The molecule has 36 heavy (non-hydrogen) atoms. The van der Waals surface area contributed by atoms with Gasteiger partial charge in [0.05, 0.1) is 25.9 Å². The Morgan fingerprint density at radius 2 is 1.72 bits per heavy atom. The number of ether oxygens (including phenoxy) is 3. The summed E-state index contributed by atoms with van der Waals surface area (Å²) >= 11 is 0. The van der Waals surface area contributed by atoms with Gasteiger partial charge in [-0.05, 0) is 40.0 Å². The van der Waals surface area contributed by atoms with E-state index < -0.39 is 41.1 Å². The lowest BCUT2D eigenvalue weighted by Gasteiger charge is -2.28. The van der Waals surface area contributed by atoms with Gasteiger partial charge in [-0.3, -0.25) is 19.2 Å². The topological polar surface area (TPSA) is 116 Å². The second-order valence-electron chi connectivity index (χ2n) is 8.84. The molecule has 0 radical (unpaired) electrons. The van der Waals surface area contributed by atoms with Gasteiger partial charge < -0.3 is 19.3 Å². The van der Waals surface area contributed by atoms with Crippen LogP contribution in [0.4, 0.5) is 0 Å². The minimum Gasteiger partial charge on any atom is -0.466 e. The van der Waals surface area contributed by atoms with Crippen molar-refractivity contribution >= 4 is 23.7 Å². The molecule has 8 nitrogen and oxygen atoms in total. The highest BCUT2D eigenvalue weighted by molar-refractivity contribution is 6.14. The van der Waals surface area contributed by atoms with Crippen molar-refractivity contribution in [1.82, 2.24) is 0 Å². The SMILES string of the molecule is CCCCCC(O)C=CC1C[C@@H](C(=O)OCC)C(=O)[C@]1(CC#CCCCC(=O)OCC)C(=O)OCC. The van der Waals surface area contributed by atoms with Gasteiger partial charge in [0, 0.05) is 25.2 Å². The van der Waals surface area contributed by atoms with Crippen LogP contribution in [0.25, 0.3) is 0 Å². The van der Waals surface area contributed by atoms with E-state index in [1.165, 1.54) is 0 Å². The Morgan fingerprint density at radius 3 is 2.36 bits per heavy atom. The minimum atomic E-state index is -1.67. The number of aliphatic hydroxyl groups excluding tert-OH is 1. The molecule has 4 atom stereocenters. The normalized spacial score (nSPS) is 22.1. The fourth-order valence-electron chi connectivity index (χ4n) is 4.35. The molecule has 1 N–H and O–H groups in total. The van der Waals surface area contributed by atoms with Crippen molar-refractivity contribution in [2.45, 2.75) is 91.6 Å². The van der Waals surface area contributed by atoms with Gasteiger partial charge in [-0.25, -0.2) is 0 Å². The zero-order chi connectivity index (χ0) is 27.0. The van der Waals surface area contributed by atoms with Gasteiger partial charge in [0.2, 0.25) is 0 Å². The highest BCUT2D eigenvalue weighted by Crippen LogP contribution is 2.48. The number of esters is 3. The van der Waals surface area contributed by atoms with E-state index in [0.29, 0.717) is 25.9 Å². The Morgan fingerprint density at radius 1 is 1.03 bits per heavy atom. The van der Waals surface area contributed by atoms with Crippen molar-refractivity contribution in [2.24, 2.45) is 17.3 Å². The second kappa shape index (κ2) is 16.9. The maximum absolute atomic E-state index is 13.6. The summed E-state index contributed by atoms with van der Waals surface area (Å²) in [6.45, 7) is 7.63. The first kappa shape index (κ1) is 31.4. The summed E-state index contributed by atoms with van der Waals surface area (Å²) in [5.74, 6) is 1.83. The molecule has 8 heteroatoms. The van der Waals surface area contributed by atoms with Crippen molar-refractivity contribution in [2.75, 3.05) is 19.8 Å². The Kier molecular flexibility index (Phi) is 14.7. The van der Waals surface area contributed by atoms with Crippen molar-refractivity contribution < 1.29 is 38.5 Å². The summed E-state index contributed by atoms with van der Waals surface area (Å²) in [6.07, 6.45) is 7.06. The van der Waals surface area contributed by atoms with Crippen LogP contribution in [0.5, 0.6) is 0 Å². The number of ketones is 1. The van der Waals surface area contributed by atoms with E-state index in [1.807, 2.05) is 0 Å². The predicted octanol–water partition coefficient (Wildman–Crippen LogP) is 3.93. The Bertz CT molecular complexity index is 821. The number of unbranched alkanes of at least 4 members (excludes halogenated alkanes) is 3. The van der Waals surface area contributed by atoms with E-state index >= 15 is 0 Å². The third-order valence-corrected chi connectivity index (χ3v) is 6.24. The molecular formula is C28H42O8. The molecule has 0 aromatic heterocycles. The third kappa shape index (κ3) is 9.09. The van der Waals surface area contributed by atoms with Gasteiger partial charge in [0.15, 0.2) is 5.78 Å². The van der Waals surface area contributed by atoms with Gasteiger partial charge in [-0.15, -0.1) is 11.8 Å². The molecular weight excluding hydrogens is 464 g/mol. The largest absolute Gasteiger partial charge is 0.466 e. The number of hydrogen-bond acceptors (Lipinski definition) is 8. The van der Waals surface area contributed by atoms with Gasteiger partial charge in [-0.1, -0.05) is 38.3 Å². The van der Waals surface area contributed by atoms with Crippen LogP contribution in [0.1, 0.15) is 85.5 Å². The highest BCUT2D eigenvalue weighted by Gasteiger charge is 2.61. The average Bonchev–Trinajstić information content (AvgIpc) is 3.13. The van der Waals surface area contributed by atoms with Crippen molar-refractivity contribution in [1.29, 1.82) is 0 Å². The summed E-state index contributed by atoms with van der Waals surface area (Å²) < 4.78 is 15.3. The molecule has 0 aromatic rings. The monoisotopic (exact) mass is 506 g/mol. The molecule has 1 fully saturated rings. The van der Waals surface area contributed by atoms with Gasteiger partial charge >= 0.3 is 17.9 Å². The average molecular weight is 507 g/mol. The number of carbonyl (C=O) groups excluding carboxylic acids is 4. The zero-order valence-corrected chi connectivity index (χ0v) is 22.2. The molecule has 1 aliphatic carbocycles. The van der Waals surface area contributed by atoms with Crippen LogP contribution < -0.4 is 0 Å². The molecule has 0 amide bonds. The van der Waals surface area contributed by atoms with Crippen molar-refractivity contribution in [3.63, 3.8) is 0 Å². The predicted molar refractivity (Wildman–Crippen MR) is 134 cm³/mol. The summed E-state index contributed by atoms with van der Waals surface area (Å²) in [5, 5.41) is 10.4. The molecule has 0 heterocycles. The lowest BCUT2D eigenvalue weighted by Crippen LogP contribution is -2.43. The summed E-state index contributed by atoms with van der Waals surface area (Å²) in [4.78, 5) is 50.9. The zero-order valence-electron chi connectivity index (χ0n) is 22.2. The number of Topliss-reactive ketones (excluding diaryl/α,β-unsaturated/α-hetero) is 1. The molecule has 1 rings (SSSR count). The van der Waals surface area contributed by atoms with Crippen LogP contribution in [0.15, 0.2) is 12.2 Å². The lowest BCUT2D eigenvalue weighted by atomic mass is 9.73. The van der Waals surface area contributed by atoms with Gasteiger partial charge in [-0.2, -0.15) is 0 Å².